The SMILES string of the molecule is CCOc1ccc(-c2ccc3c(C)cc(N)cc3c2)cc1CC. The molecule has 0 aliphatic carbocycles. The maximum Gasteiger partial charge on any atom is 0.122 e. The van der Waals surface area contributed by atoms with Crippen LogP contribution in [-0.2, 0) is 6.42 Å². The number of hydrogen-bond donors (Lipinski definition) is 1. The van der Waals surface area contributed by atoms with E-state index in [1.807, 2.05) is 19.1 Å². The summed E-state index contributed by atoms with van der Waals surface area (Å²) in [6, 6.07) is 17.1. The summed E-state index contributed by atoms with van der Waals surface area (Å²) in [6.07, 6.45) is 0.961. The lowest BCUT2D eigenvalue weighted by molar-refractivity contribution is 0.337. The van der Waals surface area contributed by atoms with Crippen LogP contribution in [0.2, 0.25) is 0 Å². The van der Waals surface area contributed by atoms with Gasteiger partial charge in [0.05, 0.1) is 6.61 Å². The van der Waals surface area contributed by atoms with Crippen molar-refractivity contribution >= 4 is 16.5 Å². The fourth-order valence-electron chi connectivity index (χ4n) is 3.10. The molecule has 0 heterocycles. The largest absolute Gasteiger partial charge is 0.494 e. The van der Waals surface area contributed by atoms with Gasteiger partial charge in [-0.3, -0.25) is 0 Å². The van der Waals surface area contributed by atoms with E-state index in [2.05, 4.69) is 50.2 Å². The fourth-order valence-corrected chi connectivity index (χ4v) is 3.10. The van der Waals surface area contributed by atoms with Gasteiger partial charge in [0.2, 0.25) is 0 Å². The van der Waals surface area contributed by atoms with Crippen molar-refractivity contribution in [2.75, 3.05) is 12.3 Å². The molecule has 0 saturated carbocycles. The van der Waals surface area contributed by atoms with E-state index in [0.29, 0.717) is 6.61 Å². The predicted octanol–water partition coefficient (Wildman–Crippen LogP) is 5.36. The lowest BCUT2D eigenvalue weighted by Gasteiger charge is -2.12. The average Bonchev–Trinajstić information content (AvgIpc) is 2.54. The summed E-state index contributed by atoms with van der Waals surface area (Å²) in [5, 5.41) is 2.44. The van der Waals surface area contributed by atoms with Gasteiger partial charge in [-0.2, -0.15) is 0 Å². The highest BCUT2D eigenvalue weighted by Gasteiger charge is 2.07. The molecule has 3 aromatic carbocycles. The Labute approximate surface area is 137 Å². The lowest BCUT2D eigenvalue weighted by atomic mass is 9.97. The maximum absolute atomic E-state index is 6.00. The molecule has 0 saturated heterocycles. The van der Waals surface area contributed by atoms with E-state index >= 15 is 0 Å². The van der Waals surface area contributed by atoms with Gasteiger partial charge in [-0.25, -0.2) is 0 Å². The van der Waals surface area contributed by atoms with Crippen molar-refractivity contribution in [1.29, 1.82) is 0 Å². The van der Waals surface area contributed by atoms with Gasteiger partial charge in [0.1, 0.15) is 5.75 Å². The molecule has 2 heteroatoms. The first kappa shape index (κ1) is 15.4. The summed E-state index contributed by atoms with van der Waals surface area (Å²) >= 11 is 0. The minimum atomic E-state index is 0.695. The molecule has 0 bridgehead atoms. The smallest absolute Gasteiger partial charge is 0.122 e. The van der Waals surface area contributed by atoms with Crippen molar-refractivity contribution < 1.29 is 4.74 Å². The molecule has 0 amide bonds. The average molecular weight is 305 g/mol. The van der Waals surface area contributed by atoms with Gasteiger partial charge in [-0.05, 0) is 83.6 Å². The predicted molar refractivity (Wildman–Crippen MR) is 99.1 cm³/mol. The summed E-state index contributed by atoms with van der Waals surface area (Å²) in [5.74, 6) is 0.986. The van der Waals surface area contributed by atoms with Gasteiger partial charge in [-0.1, -0.05) is 25.1 Å². The quantitative estimate of drug-likeness (QED) is 0.659. The van der Waals surface area contributed by atoms with E-state index < -0.39 is 0 Å². The molecule has 0 radical (unpaired) electrons. The highest BCUT2D eigenvalue weighted by Crippen LogP contribution is 2.31. The first-order valence-electron chi connectivity index (χ1n) is 8.18. The number of rotatable bonds is 4. The molecule has 0 spiro atoms. The number of anilines is 1. The number of nitrogen functional groups attached to an aromatic ring is 1. The minimum absolute atomic E-state index is 0.695. The van der Waals surface area contributed by atoms with Crippen LogP contribution in [0.25, 0.3) is 21.9 Å². The van der Waals surface area contributed by atoms with Crippen molar-refractivity contribution in [2.45, 2.75) is 27.2 Å². The van der Waals surface area contributed by atoms with Crippen LogP contribution in [0.5, 0.6) is 5.75 Å². The third kappa shape index (κ3) is 3.02. The Morgan fingerprint density at radius 2 is 1.65 bits per heavy atom. The summed E-state index contributed by atoms with van der Waals surface area (Å²) < 4.78 is 5.70. The third-order valence-electron chi connectivity index (χ3n) is 4.26. The Morgan fingerprint density at radius 1 is 0.913 bits per heavy atom. The van der Waals surface area contributed by atoms with E-state index in [0.717, 1.165) is 17.9 Å². The van der Waals surface area contributed by atoms with Crippen molar-refractivity contribution in [1.82, 2.24) is 0 Å². The van der Waals surface area contributed by atoms with Crippen molar-refractivity contribution in [3.63, 3.8) is 0 Å². The van der Waals surface area contributed by atoms with Crippen LogP contribution >= 0.6 is 0 Å². The summed E-state index contributed by atoms with van der Waals surface area (Å²) in [6.45, 7) is 6.97. The number of ether oxygens (including phenoxy) is 1. The van der Waals surface area contributed by atoms with Gasteiger partial charge in [0.15, 0.2) is 0 Å². The maximum atomic E-state index is 6.00. The Kier molecular flexibility index (Phi) is 4.24. The molecule has 0 fully saturated rings. The van der Waals surface area contributed by atoms with E-state index in [4.69, 9.17) is 10.5 Å². The second kappa shape index (κ2) is 6.33. The fraction of sp³-hybridized carbons (Fsp3) is 0.238. The van der Waals surface area contributed by atoms with Crippen LogP contribution in [0.4, 0.5) is 5.69 Å². The molecule has 3 aromatic rings. The Hall–Kier alpha value is -2.48. The summed E-state index contributed by atoms with van der Waals surface area (Å²) in [5.41, 5.74) is 11.7. The first-order valence-corrected chi connectivity index (χ1v) is 8.18. The summed E-state index contributed by atoms with van der Waals surface area (Å²) in [4.78, 5) is 0. The van der Waals surface area contributed by atoms with Crippen LogP contribution in [0.1, 0.15) is 25.0 Å². The Morgan fingerprint density at radius 3 is 2.39 bits per heavy atom. The van der Waals surface area contributed by atoms with Crippen LogP contribution in [0.3, 0.4) is 0 Å². The molecule has 23 heavy (non-hydrogen) atoms. The van der Waals surface area contributed by atoms with Crippen LogP contribution < -0.4 is 10.5 Å². The normalized spacial score (nSPS) is 10.9. The van der Waals surface area contributed by atoms with Crippen LogP contribution in [-0.4, -0.2) is 6.61 Å². The van der Waals surface area contributed by atoms with E-state index in [1.54, 1.807) is 0 Å². The molecule has 2 nitrogen and oxygen atoms in total. The second-order valence-corrected chi connectivity index (χ2v) is 5.88. The molecule has 0 atom stereocenters. The zero-order chi connectivity index (χ0) is 16.4. The van der Waals surface area contributed by atoms with Gasteiger partial charge in [0.25, 0.3) is 0 Å². The van der Waals surface area contributed by atoms with E-state index in [1.165, 1.54) is 33.0 Å². The zero-order valence-electron chi connectivity index (χ0n) is 14.0. The number of hydrogen-bond acceptors (Lipinski definition) is 2. The molecular weight excluding hydrogens is 282 g/mol. The minimum Gasteiger partial charge on any atom is -0.494 e. The molecular formula is C21H23NO. The van der Waals surface area contributed by atoms with Crippen molar-refractivity contribution in [2.24, 2.45) is 0 Å². The van der Waals surface area contributed by atoms with E-state index in [-0.39, 0.29) is 0 Å². The lowest BCUT2D eigenvalue weighted by Crippen LogP contribution is -1.96. The van der Waals surface area contributed by atoms with Crippen LogP contribution in [0, 0.1) is 6.92 Å². The molecule has 0 aliphatic heterocycles. The Balaban J connectivity index is 2.09. The molecule has 0 aliphatic rings. The van der Waals surface area contributed by atoms with Gasteiger partial charge >= 0.3 is 0 Å². The molecule has 0 unspecified atom stereocenters. The molecule has 118 valence electrons. The Bertz CT molecular complexity index is 852. The first-order chi connectivity index (χ1) is 11.1. The highest BCUT2D eigenvalue weighted by molar-refractivity contribution is 5.92. The van der Waals surface area contributed by atoms with Gasteiger partial charge in [-0.15, -0.1) is 0 Å². The number of aryl methyl sites for hydroxylation is 2. The van der Waals surface area contributed by atoms with Crippen molar-refractivity contribution in [3.05, 3.63) is 59.7 Å². The molecule has 3 rings (SSSR count). The highest BCUT2D eigenvalue weighted by atomic mass is 16.5. The number of nitrogens with two attached hydrogens (primary N) is 1. The van der Waals surface area contributed by atoms with Crippen molar-refractivity contribution in [3.8, 4) is 16.9 Å². The van der Waals surface area contributed by atoms with E-state index in [9.17, 15) is 0 Å². The van der Waals surface area contributed by atoms with Gasteiger partial charge in [0, 0.05) is 5.69 Å². The molecule has 2 N–H and O–H groups in total. The monoisotopic (exact) mass is 305 g/mol. The second-order valence-electron chi connectivity index (χ2n) is 5.88. The van der Waals surface area contributed by atoms with Gasteiger partial charge < -0.3 is 10.5 Å². The third-order valence-corrected chi connectivity index (χ3v) is 4.26. The zero-order valence-corrected chi connectivity index (χ0v) is 14.0. The molecule has 0 aromatic heterocycles. The topological polar surface area (TPSA) is 35.2 Å². The van der Waals surface area contributed by atoms with Crippen LogP contribution in [0.15, 0.2) is 48.5 Å². The summed E-state index contributed by atoms with van der Waals surface area (Å²) in [7, 11) is 0. The standard InChI is InChI=1S/C21H23NO/c1-4-15-11-17(7-9-21(15)23-5-2)16-6-8-20-14(3)10-19(22)13-18(20)12-16/h6-13H,4-5,22H2,1-3H3. The number of benzene rings is 3. The number of fused-ring (bicyclic) bond motifs is 1.